The topological polar surface area (TPSA) is 82.5 Å². The summed E-state index contributed by atoms with van der Waals surface area (Å²) in [6.07, 6.45) is 0.838. The normalized spacial score (nSPS) is 16.6. The number of hydrogen-bond acceptors (Lipinski definition) is 5. The minimum Gasteiger partial charge on any atom is -0.492 e. The summed E-state index contributed by atoms with van der Waals surface area (Å²) >= 11 is 0. The molecule has 1 atom stereocenters. The first kappa shape index (κ1) is 20.5. The van der Waals surface area contributed by atoms with Gasteiger partial charge in [0.15, 0.2) is 0 Å². The maximum Gasteiger partial charge on any atom is 0.265 e. The van der Waals surface area contributed by atoms with Crippen LogP contribution >= 0.6 is 0 Å². The number of aromatic nitrogens is 2. The fourth-order valence-electron chi connectivity index (χ4n) is 3.66. The number of aryl methyl sites for hydroxylation is 1. The van der Waals surface area contributed by atoms with Crippen molar-refractivity contribution in [2.24, 2.45) is 0 Å². The predicted molar refractivity (Wildman–Crippen MR) is 109 cm³/mol. The van der Waals surface area contributed by atoms with Crippen molar-refractivity contribution in [3.05, 3.63) is 29.1 Å². The molecule has 0 spiro atoms. The van der Waals surface area contributed by atoms with E-state index in [-0.39, 0.29) is 16.5 Å². The monoisotopic (exact) mass is 407 g/mol. The molecule has 1 N–H and O–H groups in total. The fourth-order valence-corrected chi connectivity index (χ4v) is 5.12. The molecule has 2 heterocycles. The van der Waals surface area contributed by atoms with Crippen LogP contribution in [-0.4, -0.2) is 30.9 Å². The lowest BCUT2D eigenvalue weighted by Gasteiger charge is -2.21. The highest BCUT2D eigenvalue weighted by molar-refractivity contribution is 7.92. The highest BCUT2D eigenvalue weighted by Gasteiger charge is 2.30. The third kappa shape index (κ3) is 3.70. The molecule has 3 rings (SSSR count). The molecule has 1 aliphatic heterocycles. The van der Waals surface area contributed by atoms with Gasteiger partial charge in [-0.3, -0.25) is 9.40 Å². The average Bonchev–Trinajstić information content (AvgIpc) is 3.05. The molecule has 1 unspecified atom stereocenters. The van der Waals surface area contributed by atoms with E-state index in [0.29, 0.717) is 35.2 Å². The van der Waals surface area contributed by atoms with Crippen LogP contribution in [-0.2, 0) is 22.0 Å². The fraction of sp³-hybridized carbons (Fsp3) is 0.550. The van der Waals surface area contributed by atoms with Crippen molar-refractivity contribution in [2.75, 3.05) is 11.3 Å². The van der Waals surface area contributed by atoms with Crippen molar-refractivity contribution in [1.29, 1.82) is 0 Å². The Bertz CT molecular complexity index is 1000. The van der Waals surface area contributed by atoms with E-state index < -0.39 is 10.0 Å². The number of rotatable bonds is 5. The first-order valence-corrected chi connectivity index (χ1v) is 11.0. The van der Waals surface area contributed by atoms with Crippen molar-refractivity contribution < 1.29 is 17.9 Å². The number of benzene rings is 1. The Morgan fingerprint density at radius 2 is 2.00 bits per heavy atom. The summed E-state index contributed by atoms with van der Waals surface area (Å²) < 4.78 is 42.4. The van der Waals surface area contributed by atoms with Gasteiger partial charge < -0.3 is 9.47 Å². The number of nitrogens with one attached hydrogen (secondary N) is 1. The van der Waals surface area contributed by atoms with Crippen LogP contribution in [0.3, 0.4) is 0 Å². The lowest BCUT2D eigenvalue weighted by Crippen LogP contribution is -2.25. The van der Waals surface area contributed by atoms with E-state index >= 15 is 0 Å². The first-order chi connectivity index (χ1) is 12.9. The molecule has 154 valence electrons. The van der Waals surface area contributed by atoms with Crippen LogP contribution in [0.15, 0.2) is 17.0 Å². The van der Waals surface area contributed by atoms with Crippen LogP contribution < -0.4 is 14.2 Å². The third-order valence-electron chi connectivity index (χ3n) is 4.67. The highest BCUT2D eigenvalue weighted by Crippen LogP contribution is 2.39. The van der Waals surface area contributed by atoms with Gasteiger partial charge in [-0.2, -0.15) is 5.10 Å². The summed E-state index contributed by atoms with van der Waals surface area (Å²) in [6.45, 7) is 13.7. The van der Waals surface area contributed by atoms with Crippen molar-refractivity contribution in [1.82, 2.24) is 9.78 Å². The summed E-state index contributed by atoms with van der Waals surface area (Å²) in [7, 11) is -3.85. The van der Waals surface area contributed by atoms with Crippen LogP contribution in [0.2, 0.25) is 0 Å². The van der Waals surface area contributed by atoms with E-state index in [1.54, 1.807) is 24.6 Å². The second-order valence-corrected chi connectivity index (χ2v) is 9.83. The van der Waals surface area contributed by atoms with Crippen LogP contribution in [0.5, 0.6) is 11.5 Å². The van der Waals surface area contributed by atoms with Gasteiger partial charge in [-0.25, -0.2) is 8.42 Å². The molecule has 2 aromatic rings. The Balaban J connectivity index is 2.05. The van der Waals surface area contributed by atoms with E-state index in [2.05, 4.69) is 9.82 Å². The van der Waals surface area contributed by atoms with E-state index in [1.165, 1.54) is 0 Å². The average molecular weight is 408 g/mol. The van der Waals surface area contributed by atoms with E-state index in [9.17, 15) is 8.42 Å². The Kier molecular flexibility index (Phi) is 5.12. The number of hydrogen-bond donors (Lipinski definition) is 1. The maximum absolute atomic E-state index is 13.2. The van der Waals surface area contributed by atoms with Gasteiger partial charge in [0.25, 0.3) is 10.0 Å². The Labute approximate surface area is 167 Å². The van der Waals surface area contributed by atoms with Gasteiger partial charge in [0.1, 0.15) is 22.5 Å². The summed E-state index contributed by atoms with van der Waals surface area (Å²) in [5, 5.41) is 4.46. The van der Waals surface area contributed by atoms with Crippen molar-refractivity contribution in [3.8, 4) is 11.5 Å². The zero-order valence-electron chi connectivity index (χ0n) is 17.6. The van der Waals surface area contributed by atoms with Crippen molar-refractivity contribution in [2.45, 2.75) is 71.4 Å². The second-order valence-electron chi connectivity index (χ2n) is 8.21. The van der Waals surface area contributed by atoms with Crippen LogP contribution in [0.1, 0.15) is 51.6 Å². The molecule has 0 amide bonds. The highest BCUT2D eigenvalue weighted by atomic mass is 32.2. The number of nitrogens with zero attached hydrogens (tertiary/aromatic N) is 2. The Morgan fingerprint density at radius 1 is 1.32 bits per heavy atom. The lowest BCUT2D eigenvalue weighted by molar-refractivity contribution is 0.254. The minimum absolute atomic E-state index is 0.0610. The molecular formula is C20H29N3O4S. The maximum atomic E-state index is 13.2. The molecule has 1 aromatic carbocycles. The summed E-state index contributed by atoms with van der Waals surface area (Å²) in [6, 6.07) is 3.57. The van der Waals surface area contributed by atoms with E-state index in [4.69, 9.17) is 9.47 Å². The lowest BCUT2D eigenvalue weighted by atomic mass is 10.1. The number of sulfonamides is 1. The van der Waals surface area contributed by atoms with Crippen LogP contribution in [0, 0.1) is 13.8 Å². The van der Waals surface area contributed by atoms with Gasteiger partial charge in [0.2, 0.25) is 0 Å². The molecule has 8 heteroatoms. The SMILES string of the molecule is CCOc1cc2c(cc1NS(=O)(=O)c1c(C)nn(C(C)(C)C)c1C)OC(C)C2. The van der Waals surface area contributed by atoms with Crippen LogP contribution in [0.4, 0.5) is 5.69 Å². The molecule has 0 radical (unpaired) electrons. The summed E-state index contributed by atoms with van der Waals surface area (Å²) in [5.74, 6) is 1.19. The van der Waals surface area contributed by atoms with Gasteiger partial charge in [0.05, 0.1) is 29.2 Å². The molecule has 0 bridgehead atoms. The second kappa shape index (κ2) is 6.99. The van der Waals surface area contributed by atoms with Gasteiger partial charge >= 0.3 is 0 Å². The van der Waals surface area contributed by atoms with Gasteiger partial charge in [-0.05, 0) is 54.5 Å². The van der Waals surface area contributed by atoms with Crippen molar-refractivity contribution in [3.63, 3.8) is 0 Å². The molecule has 0 aliphatic carbocycles. The molecule has 0 fully saturated rings. The summed E-state index contributed by atoms with van der Waals surface area (Å²) in [5.41, 5.74) is 2.13. The zero-order chi connectivity index (χ0) is 20.9. The number of fused-ring (bicyclic) bond motifs is 1. The first-order valence-electron chi connectivity index (χ1n) is 9.50. The molecule has 0 saturated carbocycles. The molecule has 28 heavy (non-hydrogen) atoms. The zero-order valence-corrected chi connectivity index (χ0v) is 18.4. The van der Waals surface area contributed by atoms with E-state index in [0.717, 1.165) is 12.0 Å². The third-order valence-corrected chi connectivity index (χ3v) is 6.29. The Morgan fingerprint density at radius 3 is 2.57 bits per heavy atom. The molecule has 1 aliphatic rings. The van der Waals surface area contributed by atoms with Gasteiger partial charge in [0, 0.05) is 18.1 Å². The molecular weight excluding hydrogens is 378 g/mol. The Hall–Kier alpha value is -2.22. The smallest absolute Gasteiger partial charge is 0.265 e. The number of ether oxygens (including phenoxy) is 2. The number of anilines is 1. The molecule has 1 aromatic heterocycles. The van der Waals surface area contributed by atoms with Crippen LogP contribution in [0.25, 0.3) is 0 Å². The summed E-state index contributed by atoms with van der Waals surface area (Å²) in [4.78, 5) is 0.194. The standard InChI is InChI=1S/C20H29N3O4S/c1-8-26-18-10-15-9-12(2)27-17(15)11-16(18)22-28(24,25)19-13(3)21-23(14(19)4)20(5,6)7/h10-12,22H,8-9H2,1-7H3. The molecule has 7 nitrogen and oxygen atoms in total. The van der Waals surface area contributed by atoms with Crippen molar-refractivity contribution >= 4 is 15.7 Å². The largest absolute Gasteiger partial charge is 0.492 e. The van der Waals surface area contributed by atoms with Gasteiger partial charge in [-0.1, -0.05) is 0 Å². The van der Waals surface area contributed by atoms with E-state index in [1.807, 2.05) is 40.7 Å². The minimum atomic E-state index is -3.85. The van der Waals surface area contributed by atoms with Gasteiger partial charge in [-0.15, -0.1) is 0 Å². The predicted octanol–water partition coefficient (Wildman–Crippen LogP) is 3.78. The molecule has 0 saturated heterocycles. The quantitative estimate of drug-likeness (QED) is 0.816.